The van der Waals surface area contributed by atoms with Crippen molar-refractivity contribution >= 4 is 23.7 Å². The van der Waals surface area contributed by atoms with Gasteiger partial charge in [0.05, 0.1) is 13.1 Å². The van der Waals surface area contributed by atoms with Crippen molar-refractivity contribution in [2.24, 2.45) is 0 Å². The summed E-state index contributed by atoms with van der Waals surface area (Å²) in [5.74, 6) is 0.237. The number of carbonyl (C=O) groups is 2. The number of likely N-dealkylation sites (N-methyl/N-ethyl adjacent to an activating group) is 2. The Morgan fingerprint density at radius 2 is 0.964 bits per heavy atom. The van der Waals surface area contributed by atoms with Crippen LogP contribution in [0.5, 0.6) is 0 Å². The van der Waals surface area contributed by atoms with Crippen LogP contribution in [0.4, 0.5) is 0 Å². The van der Waals surface area contributed by atoms with E-state index in [0.717, 1.165) is 22.3 Å². The van der Waals surface area contributed by atoms with Gasteiger partial charge in [0.15, 0.2) is 11.6 Å². The lowest BCUT2D eigenvalue weighted by atomic mass is 10.1. The highest BCUT2D eigenvalue weighted by Gasteiger charge is 2.06. The van der Waals surface area contributed by atoms with Crippen molar-refractivity contribution in [3.05, 3.63) is 82.9 Å². The molecule has 0 spiro atoms. The lowest BCUT2D eigenvalue weighted by Gasteiger charge is -2.08. The van der Waals surface area contributed by atoms with E-state index >= 15 is 0 Å². The van der Waals surface area contributed by atoms with Crippen molar-refractivity contribution in [3.8, 4) is 0 Å². The van der Waals surface area contributed by atoms with Crippen LogP contribution < -0.4 is 0 Å². The Kier molecular flexibility index (Phi) is 8.05. The minimum Gasteiger partial charge on any atom is -0.302 e. The highest BCUT2D eigenvalue weighted by atomic mass is 16.1. The van der Waals surface area contributed by atoms with Crippen LogP contribution in [0.1, 0.15) is 31.8 Å². The first-order chi connectivity index (χ1) is 13.3. The summed E-state index contributed by atoms with van der Waals surface area (Å²) >= 11 is 0. The van der Waals surface area contributed by atoms with E-state index in [4.69, 9.17) is 0 Å². The van der Waals surface area contributed by atoms with E-state index in [1.165, 1.54) is 0 Å². The van der Waals surface area contributed by atoms with E-state index in [2.05, 4.69) is 0 Å². The zero-order valence-corrected chi connectivity index (χ0v) is 17.1. The smallest absolute Gasteiger partial charge is 0.176 e. The van der Waals surface area contributed by atoms with E-state index in [1.807, 2.05) is 111 Å². The predicted molar refractivity (Wildman–Crippen MR) is 117 cm³/mol. The molecule has 0 aromatic heterocycles. The first-order valence-electron chi connectivity index (χ1n) is 9.26. The van der Waals surface area contributed by atoms with Crippen LogP contribution in [0.25, 0.3) is 12.2 Å². The molecule has 0 saturated carbocycles. The number of hydrogen-bond donors (Lipinski definition) is 0. The van der Waals surface area contributed by atoms with Crippen LogP contribution in [0.2, 0.25) is 0 Å². The van der Waals surface area contributed by atoms with Crippen molar-refractivity contribution < 1.29 is 9.59 Å². The Bertz CT molecular complexity index is 772. The minimum absolute atomic E-state index is 0.118. The summed E-state index contributed by atoms with van der Waals surface area (Å²) in [4.78, 5) is 27.7. The summed E-state index contributed by atoms with van der Waals surface area (Å²) in [5, 5.41) is 0. The molecule has 0 N–H and O–H groups in total. The Balaban J connectivity index is 1.92. The standard InChI is InChI=1S/C24H28N2O2/c1-25(2)17-23(27)21-13-9-19(10-14-21)7-5-6-8-20-11-15-22(16-12-20)24(28)18-26(3)4/h5-16H,17-18H2,1-4H3/b7-5+,8-6+. The number of ketones is 2. The Morgan fingerprint density at radius 1 is 0.643 bits per heavy atom. The van der Waals surface area contributed by atoms with Gasteiger partial charge in [-0.3, -0.25) is 9.59 Å². The van der Waals surface area contributed by atoms with Crippen LogP contribution in [0.15, 0.2) is 60.7 Å². The third kappa shape index (κ3) is 7.06. The Labute approximate surface area is 167 Å². The Morgan fingerprint density at radius 3 is 1.25 bits per heavy atom. The van der Waals surface area contributed by atoms with Crippen molar-refractivity contribution in [3.63, 3.8) is 0 Å². The molecule has 2 rings (SSSR count). The number of Topliss-reactive ketones (excluding diaryl/α,β-unsaturated/α-hetero) is 2. The number of allylic oxidation sites excluding steroid dienone is 2. The second kappa shape index (κ2) is 10.5. The zero-order chi connectivity index (χ0) is 20.5. The van der Waals surface area contributed by atoms with Crippen LogP contribution >= 0.6 is 0 Å². The lowest BCUT2D eigenvalue weighted by molar-refractivity contribution is 0.0949. The van der Waals surface area contributed by atoms with Gasteiger partial charge < -0.3 is 9.80 Å². The third-order valence-corrected chi connectivity index (χ3v) is 4.07. The topological polar surface area (TPSA) is 40.6 Å². The molecule has 0 amide bonds. The molecule has 0 aliphatic rings. The van der Waals surface area contributed by atoms with Gasteiger partial charge in [0, 0.05) is 11.1 Å². The summed E-state index contributed by atoms with van der Waals surface area (Å²) < 4.78 is 0. The van der Waals surface area contributed by atoms with E-state index in [-0.39, 0.29) is 11.6 Å². The SMILES string of the molecule is CN(C)CC(=O)c1ccc(/C=C/C=C/c2ccc(C(=O)CN(C)C)cc2)cc1. The van der Waals surface area contributed by atoms with Gasteiger partial charge in [0.2, 0.25) is 0 Å². The van der Waals surface area contributed by atoms with Gasteiger partial charge in [-0.25, -0.2) is 0 Å². The average Bonchev–Trinajstić information content (AvgIpc) is 2.65. The molecule has 146 valence electrons. The van der Waals surface area contributed by atoms with E-state index in [0.29, 0.717) is 13.1 Å². The molecule has 28 heavy (non-hydrogen) atoms. The summed E-state index contributed by atoms with van der Waals surface area (Å²) in [6.45, 7) is 0.828. The average molecular weight is 377 g/mol. The second-order valence-electron chi connectivity index (χ2n) is 7.28. The van der Waals surface area contributed by atoms with E-state index in [9.17, 15) is 9.59 Å². The van der Waals surface area contributed by atoms with Crippen LogP contribution in [0.3, 0.4) is 0 Å². The fourth-order valence-electron chi connectivity index (χ4n) is 2.65. The van der Waals surface area contributed by atoms with Crippen molar-refractivity contribution in [2.75, 3.05) is 41.3 Å². The molecule has 0 atom stereocenters. The van der Waals surface area contributed by atoms with Crippen LogP contribution in [-0.2, 0) is 0 Å². The Hall–Kier alpha value is -2.82. The summed E-state index contributed by atoms with van der Waals surface area (Å²) in [7, 11) is 7.54. The maximum Gasteiger partial charge on any atom is 0.176 e. The molecule has 2 aromatic rings. The maximum absolute atomic E-state index is 12.0. The van der Waals surface area contributed by atoms with Crippen LogP contribution in [0, 0.1) is 0 Å². The third-order valence-electron chi connectivity index (χ3n) is 4.07. The fourth-order valence-corrected chi connectivity index (χ4v) is 2.65. The number of nitrogens with zero attached hydrogens (tertiary/aromatic N) is 2. The molecule has 0 aliphatic heterocycles. The van der Waals surface area contributed by atoms with E-state index < -0.39 is 0 Å². The number of hydrogen-bond acceptors (Lipinski definition) is 4. The van der Waals surface area contributed by atoms with Gasteiger partial charge >= 0.3 is 0 Å². The predicted octanol–water partition coefficient (Wildman–Crippen LogP) is 3.90. The van der Waals surface area contributed by atoms with Crippen molar-refractivity contribution in [2.45, 2.75) is 0 Å². The zero-order valence-electron chi connectivity index (χ0n) is 17.1. The summed E-state index contributed by atoms with van der Waals surface area (Å²) in [5.41, 5.74) is 3.53. The number of benzene rings is 2. The van der Waals surface area contributed by atoms with Crippen molar-refractivity contribution in [1.82, 2.24) is 9.80 Å². The van der Waals surface area contributed by atoms with Gasteiger partial charge in [-0.05, 0) is 39.3 Å². The highest BCUT2D eigenvalue weighted by Crippen LogP contribution is 2.10. The molecule has 0 bridgehead atoms. The van der Waals surface area contributed by atoms with Gasteiger partial charge in [-0.2, -0.15) is 0 Å². The summed E-state index contributed by atoms with van der Waals surface area (Å²) in [6.07, 6.45) is 7.90. The monoisotopic (exact) mass is 376 g/mol. The van der Waals surface area contributed by atoms with E-state index in [1.54, 1.807) is 0 Å². The van der Waals surface area contributed by atoms with Gasteiger partial charge in [-0.1, -0.05) is 72.8 Å². The molecule has 0 radical (unpaired) electrons. The quantitative estimate of drug-likeness (QED) is 0.492. The van der Waals surface area contributed by atoms with Crippen molar-refractivity contribution in [1.29, 1.82) is 0 Å². The molecule has 0 saturated heterocycles. The van der Waals surface area contributed by atoms with Gasteiger partial charge in [0.1, 0.15) is 0 Å². The molecule has 4 heteroatoms. The second-order valence-corrected chi connectivity index (χ2v) is 7.28. The maximum atomic E-state index is 12.0. The first-order valence-corrected chi connectivity index (χ1v) is 9.26. The highest BCUT2D eigenvalue weighted by molar-refractivity contribution is 5.98. The molecular formula is C24H28N2O2. The molecule has 4 nitrogen and oxygen atoms in total. The van der Waals surface area contributed by atoms with Gasteiger partial charge in [0.25, 0.3) is 0 Å². The normalized spacial score (nSPS) is 11.8. The molecule has 0 fully saturated rings. The van der Waals surface area contributed by atoms with Gasteiger partial charge in [-0.15, -0.1) is 0 Å². The molecular weight excluding hydrogens is 348 g/mol. The first kappa shape index (κ1) is 21.5. The summed E-state index contributed by atoms with van der Waals surface area (Å²) in [6, 6.07) is 15.2. The largest absolute Gasteiger partial charge is 0.302 e. The minimum atomic E-state index is 0.118. The molecule has 0 aliphatic carbocycles. The van der Waals surface area contributed by atoms with Crippen LogP contribution in [-0.4, -0.2) is 62.6 Å². The molecule has 2 aromatic carbocycles. The molecule has 0 unspecified atom stereocenters. The lowest BCUT2D eigenvalue weighted by Crippen LogP contribution is -2.21. The number of rotatable bonds is 9. The number of carbonyl (C=O) groups excluding carboxylic acids is 2. The fraction of sp³-hybridized carbons (Fsp3) is 0.250. The molecule has 0 heterocycles.